The molecule has 0 radical (unpaired) electrons. The van der Waals surface area contributed by atoms with E-state index < -0.39 is 0 Å². The number of allylic oxidation sites excluding steroid dienone is 6. The van der Waals surface area contributed by atoms with E-state index in [4.69, 9.17) is 0 Å². The number of hydrogen-bond acceptors (Lipinski definition) is 0. The van der Waals surface area contributed by atoms with Gasteiger partial charge in [0.1, 0.15) is 0 Å². The average molecular weight is 277 g/mol. The maximum absolute atomic E-state index is 3.74. The Balaban J connectivity index is 0. The van der Waals surface area contributed by atoms with Crippen LogP contribution in [0.1, 0.15) is 67.2 Å². The van der Waals surface area contributed by atoms with Crippen LogP contribution in [0, 0.1) is 11.8 Å². The van der Waals surface area contributed by atoms with Crippen LogP contribution in [0.4, 0.5) is 0 Å². The van der Waals surface area contributed by atoms with Crippen LogP contribution in [0.2, 0.25) is 0 Å². The van der Waals surface area contributed by atoms with Gasteiger partial charge in [-0.15, -0.1) is 13.2 Å². The maximum Gasteiger partial charge on any atom is -0.0262 e. The summed E-state index contributed by atoms with van der Waals surface area (Å²) >= 11 is 0. The summed E-state index contributed by atoms with van der Waals surface area (Å²) in [6.45, 7) is 20.4. The molecule has 0 amide bonds. The normalized spacial score (nSPS) is 12.3. The molecule has 0 aliphatic carbocycles. The van der Waals surface area contributed by atoms with E-state index in [1.165, 1.54) is 36.8 Å². The molecule has 2 atom stereocenters. The molecule has 0 nitrogen and oxygen atoms in total. The summed E-state index contributed by atoms with van der Waals surface area (Å²) < 4.78 is 0. The monoisotopic (exact) mass is 276 g/mol. The third-order valence-corrected chi connectivity index (χ3v) is 3.15. The minimum Gasteiger partial charge on any atom is -0.103 e. The molecule has 2 unspecified atom stereocenters. The Morgan fingerprint density at radius 2 is 1.05 bits per heavy atom. The average Bonchev–Trinajstić information content (AvgIpc) is 2.38. The summed E-state index contributed by atoms with van der Waals surface area (Å²) in [5, 5.41) is 0. The summed E-state index contributed by atoms with van der Waals surface area (Å²) in [6.07, 6.45) is 13.4. The highest BCUT2D eigenvalue weighted by Crippen LogP contribution is 2.08. The second-order valence-electron chi connectivity index (χ2n) is 6.14. The van der Waals surface area contributed by atoms with Crippen LogP contribution >= 0.6 is 0 Å². The Kier molecular flexibility index (Phi) is 15.3. The van der Waals surface area contributed by atoms with Crippen molar-refractivity contribution >= 4 is 0 Å². The van der Waals surface area contributed by atoms with Crippen LogP contribution in [-0.2, 0) is 0 Å². The summed E-state index contributed by atoms with van der Waals surface area (Å²) in [6, 6.07) is 0. The van der Waals surface area contributed by atoms with Gasteiger partial charge in [-0.3, -0.25) is 0 Å². The molecule has 0 aromatic carbocycles. The lowest BCUT2D eigenvalue weighted by atomic mass is 10.1. The second kappa shape index (κ2) is 14.4. The Morgan fingerprint density at radius 3 is 1.25 bits per heavy atom. The molecule has 0 N–H and O–H groups in total. The van der Waals surface area contributed by atoms with E-state index in [-0.39, 0.29) is 0 Å². The fourth-order valence-corrected chi connectivity index (χ4v) is 1.51. The molecule has 0 aromatic heterocycles. The van der Waals surface area contributed by atoms with Crippen LogP contribution in [0.3, 0.4) is 0 Å². The van der Waals surface area contributed by atoms with Gasteiger partial charge in [0, 0.05) is 0 Å². The Hall–Kier alpha value is -1.04. The molecule has 0 fully saturated rings. The van der Waals surface area contributed by atoms with Crippen LogP contribution in [0.5, 0.6) is 0 Å². The van der Waals surface area contributed by atoms with Crippen molar-refractivity contribution in [2.45, 2.75) is 67.2 Å². The fraction of sp³-hybridized carbons (Fsp3) is 0.600. The summed E-state index contributed by atoms with van der Waals surface area (Å²) in [4.78, 5) is 0. The summed E-state index contributed by atoms with van der Waals surface area (Å²) in [5.74, 6) is 1.33. The van der Waals surface area contributed by atoms with E-state index in [0.717, 1.165) is 0 Å². The lowest BCUT2D eigenvalue weighted by molar-refractivity contribution is 0.658. The van der Waals surface area contributed by atoms with Gasteiger partial charge in [0.15, 0.2) is 0 Å². The molecule has 0 aliphatic rings. The van der Waals surface area contributed by atoms with Gasteiger partial charge in [-0.25, -0.2) is 0 Å². The molecule has 0 aliphatic heterocycles. The van der Waals surface area contributed by atoms with Gasteiger partial charge in [-0.1, -0.05) is 49.3 Å². The molecular weight excluding hydrogens is 240 g/mol. The van der Waals surface area contributed by atoms with E-state index in [1.54, 1.807) is 0 Å². The highest BCUT2D eigenvalue weighted by molar-refractivity contribution is 4.94. The first-order valence-electron chi connectivity index (χ1n) is 7.85. The van der Waals surface area contributed by atoms with Gasteiger partial charge in [0.05, 0.1) is 0 Å². The van der Waals surface area contributed by atoms with E-state index in [0.29, 0.717) is 11.8 Å². The molecule has 0 rings (SSSR count). The molecule has 0 spiro atoms. The molecule has 20 heavy (non-hydrogen) atoms. The van der Waals surface area contributed by atoms with Crippen LogP contribution in [0.25, 0.3) is 0 Å². The predicted octanol–water partition coefficient (Wildman–Crippen LogP) is 7.11. The number of rotatable bonds is 8. The standard InChI is InChI=1S/2C10H18/c2*1-5-10(4)8-6-7-9(2)3/h2*5,7,10H,1,6,8H2,2-4H3. The third kappa shape index (κ3) is 19.3. The predicted molar refractivity (Wildman–Crippen MR) is 96.1 cm³/mol. The van der Waals surface area contributed by atoms with Gasteiger partial charge in [-0.05, 0) is 65.2 Å². The van der Waals surface area contributed by atoms with Crippen molar-refractivity contribution in [1.29, 1.82) is 0 Å². The molecule has 0 saturated carbocycles. The minimum absolute atomic E-state index is 0.663. The van der Waals surface area contributed by atoms with Gasteiger partial charge in [0.2, 0.25) is 0 Å². The maximum atomic E-state index is 3.74. The molecule has 0 heterocycles. The van der Waals surface area contributed by atoms with Gasteiger partial charge in [0.25, 0.3) is 0 Å². The lowest BCUT2D eigenvalue weighted by Gasteiger charge is -2.01. The zero-order chi connectivity index (χ0) is 16.0. The van der Waals surface area contributed by atoms with Crippen LogP contribution < -0.4 is 0 Å². The van der Waals surface area contributed by atoms with Crippen molar-refractivity contribution in [2.75, 3.05) is 0 Å². The molecule has 0 saturated heterocycles. The summed E-state index contributed by atoms with van der Waals surface area (Å²) in [5.41, 5.74) is 2.83. The zero-order valence-corrected chi connectivity index (χ0v) is 14.7. The van der Waals surface area contributed by atoms with Crippen molar-refractivity contribution in [2.24, 2.45) is 11.8 Å². The van der Waals surface area contributed by atoms with Gasteiger partial charge >= 0.3 is 0 Å². The first kappa shape index (κ1) is 21.3. The van der Waals surface area contributed by atoms with Crippen molar-refractivity contribution in [3.63, 3.8) is 0 Å². The molecule has 0 aromatic rings. The first-order chi connectivity index (χ1) is 9.33. The van der Waals surface area contributed by atoms with Crippen LogP contribution in [-0.4, -0.2) is 0 Å². The molecule has 116 valence electrons. The van der Waals surface area contributed by atoms with Crippen LogP contribution in [0.15, 0.2) is 48.6 Å². The van der Waals surface area contributed by atoms with Crippen molar-refractivity contribution < 1.29 is 0 Å². The third-order valence-electron chi connectivity index (χ3n) is 3.15. The molecular formula is C20H36. The zero-order valence-electron chi connectivity index (χ0n) is 14.7. The van der Waals surface area contributed by atoms with Crippen molar-refractivity contribution in [3.05, 3.63) is 48.6 Å². The second-order valence-corrected chi connectivity index (χ2v) is 6.14. The Labute approximate surface area is 128 Å². The fourth-order valence-electron chi connectivity index (χ4n) is 1.51. The molecule has 0 bridgehead atoms. The van der Waals surface area contributed by atoms with E-state index in [2.05, 4.69) is 66.9 Å². The Morgan fingerprint density at radius 1 is 0.750 bits per heavy atom. The summed E-state index contributed by atoms with van der Waals surface area (Å²) in [7, 11) is 0. The SMILES string of the molecule is C=CC(C)CCC=C(C)C.C=CC(C)CCC=C(C)C. The smallest absolute Gasteiger partial charge is 0.0262 e. The van der Waals surface area contributed by atoms with Crippen molar-refractivity contribution in [3.8, 4) is 0 Å². The molecule has 0 heteroatoms. The van der Waals surface area contributed by atoms with E-state index >= 15 is 0 Å². The van der Waals surface area contributed by atoms with E-state index in [1.807, 2.05) is 12.2 Å². The van der Waals surface area contributed by atoms with Gasteiger partial charge in [-0.2, -0.15) is 0 Å². The highest BCUT2D eigenvalue weighted by Gasteiger charge is 1.92. The minimum atomic E-state index is 0.663. The van der Waals surface area contributed by atoms with E-state index in [9.17, 15) is 0 Å². The highest BCUT2D eigenvalue weighted by atomic mass is 14.0. The Bertz CT molecular complexity index is 264. The van der Waals surface area contributed by atoms with Gasteiger partial charge < -0.3 is 0 Å². The number of hydrogen-bond donors (Lipinski definition) is 0. The largest absolute Gasteiger partial charge is 0.103 e. The first-order valence-corrected chi connectivity index (χ1v) is 7.85. The lowest BCUT2D eigenvalue weighted by Crippen LogP contribution is -1.86. The van der Waals surface area contributed by atoms with Crippen molar-refractivity contribution in [1.82, 2.24) is 0 Å². The topological polar surface area (TPSA) is 0 Å². The quantitative estimate of drug-likeness (QED) is 0.414.